The summed E-state index contributed by atoms with van der Waals surface area (Å²) in [5, 5.41) is 9.54. The number of aryl methyl sites for hydroxylation is 2. The zero-order chi connectivity index (χ0) is 16.2. The molecule has 1 saturated heterocycles. The summed E-state index contributed by atoms with van der Waals surface area (Å²) in [4.78, 5) is 18.7. The third-order valence-electron chi connectivity index (χ3n) is 3.61. The molecule has 0 unspecified atom stereocenters. The molecule has 3 rings (SSSR count). The van der Waals surface area contributed by atoms with Gasteiger partial charge in [0.15, 0.2) is 5.82 Å². The molecule has 0 aromatic carbocycles. The highest BCUT2D eigenvalue weighted by Crippen LogP contribution is 2.25. The van der Waals surface area contributed by atoms with Gasteiger partial charge in [0.1, 0.15) is 16.9 Å². The quantitative estimate of drug-likeness (QED) is 0.901. The van der Waals surface area contributed by atoms with Crippen LogP contribution in [-0.4, -0.2) is 47.2 Å². The standard InChI is InChI=1S/C15H20N4O3S/c1-10-9-23-15(16-10)12-8-19(5-6-21-12)4-3-14(20)17-13-7-11(2)22-18-13/h7,9,12H,3-6,8H2,1-2H3,(H,17,18,20)/t12-/m1/s1. The first-order valence-electron chi connectivity index (χ1n) is 7.59. The maximum Gasteiger partial charge on any atom is 0.226 e. The highest BCUT2D eigenvalue weighted by Gasteiger charge is 2.24. The van der Waals surface area contributed by atoms with Gasteiger partial charge in [-0.1, -0.05) is 5.16 Å². The van der Waals surface area contributed by atoms with E-state index in [0.717, 1.165) is 23.8 Å². The summed E-state index contributed by atoms with van der Waals surface area (Å²) in [6.07, 6.45) is 0.416. The first-order valence-corrected chi connectivity index (χ1v) is 8.47. The van der Waals surface area contributed by atoms with Crippen molar-refractivity contribution in [2.45, 2.75) is 26.4 Å². The summed E-state index contributed by atoms with van der Waals surface area (Å²) >= 11 is 1.63. The van der Waals surface area contributed by atoms with Gasteiger partial charge in [0, 0.05) is 43.2 Å². The zero-order valence-corrected chi connectivity index (χ0v) is 14.1. The Labute approximate surface area is 138 Å². The summed E-state index contributed by atoms with van der Waals surface area (Å²) in [6, 6.07) is 1.70. The van der Waals surface area contributed by atoms with Gasteiger partial charge in [-0.3, -0.25) is 9.69 Å². The van der Waals surface area contributed by atoms with Crippen LogP contribution in [0.5, 0.6) is 0 Å². The molecule has 124 valence electrons. The first-order chi connectivity index (χ1) is 11.1. The number of aromatic nitrogens is 2. The number of ether oxygens (including phenoxy) is 1. The molecule has 0 spiro atoms. The average Bonchev–Trinajstić information content (AvgIpc) is 3.14. The van der Waals surface area contributed by atoms with E-state index in [1.165, 1.54) is 0 Å². The second-order valence-corrected chi connectivity index (χ2v) is 6.50. The van der Waals surface area contributed by atoms with Crippen molar-refractivity contribution in [1.29, 1.82) is 0 Å². The third-order valence-corrected chi connectivity index (χ3v) is 4.67. The monoisotopic (exact) mass is 336 g/mol. The minimum absolute atomic E-state index is 0.00343. The van der Waals surface area contributed by atoms with Crippen molar-refractivity contribution in [3.8, 4) is 0 Å². The van der Waals surface area contributed by atoms with E-state index in [-0.39, 0.29) is 12.0 Å². The molecule has 1 atom stereocenters. The molecule has 1 amide bonds. The molecule has 3 heterocycles. The Bertz CT molecular complexity index is 669. The molecule has 0 bridgehead atoms. The molecule has 1 aliphatic heterocycles. The van der Waals surface area contributed by atoms with Crippen LogP contribution in [-0.2, 0) is 9.53 Å². The predicted molar refractivity (Wildman–Crippen MR) is 86.5 cm³/mol. The summed E-state index contributed by atoms with van der Waals surface area (Å²) in [5.41, 5.74) is 1.02. The fourth-order valence-electron chi connectivity index (χ4n) is 2.47. The van der Waals surface area contributed by atoms with Gasteiger partial charge >= 0.3 is 0 Å². The number of carbonyl (C=O) groups excluding carboxylic acids is 1. The summed E-state index contributed by atoms with van der Waals surface area (Å²) in [7, 11) is 0. The Morgan fingerprint density at radius 3 is 3.09 bits per heavy atom. The molecular weight excluding hydrogens is 316 g/mol. The van der Waals surface area contributed by atoms with Crippen LogP contribution >= 0.6 is 11.3 Å². The topological polar surface area (TPSA) is 80.5 Å². The van der Waals surface area contributed by atoms with E-state index >= 15 is 0 Å². The van der Waals surface area contributed by atoms with E-state index in [1.54, 1.807) is 24.3 Å². The van der Waals surface area contributed by atoms with E-state index in [1.807, 2.05) is 12.3 Å². The molecule has 1 N–H and O–H groups in total. The minimum Gasteiger partial charge on any atom is -0.368 e. The molecule has 2 aromatic heterocycles. The highest BCUT2D eigenvalue weighted by molar-refractivity contribution is 7.09. The number of anilines is 1. The normalized spacial score (nSPS) is 19.0. The van der Waals surface area contributed by atoms with Gasteiger partial charge in [-0.2, -0.15) is 0 Å². The van der Waals surface area contributed by atoms with E-state index < -0.39 is 0 Å². The lowest BCUT2D eigenvalue weighted by Gasteiger charge is -2.31. The van der Waals surface area contributed by atoms with Gasteiger partial charge in [-0.05, 0) is 13.8 Å². The van der Waals surface area contributed by atoms with E-state index in [4.69, 9.17) is 9.26 Å². The van der Waals surface area contributed by atoms with Crippen LogP contribution in [0.2, 0.25) is 0 Å². The number of morpholine rings is 1. The Morgan fingerprint density at radius 1 is 1.52 bits per heavy atom. The maximum absolute atomic E-state index is 12.0. The van der Waals surface area contributed by atoms with Crippen molar-refractivity contribution in [2.24, 2.45) is 0 Å². The van der Waals surface area contributed by atoms with Crippen molar-refractivity contribution < 1.29 is 14.1 Å². The van der Waals surface area contributed by atoms with Crippen LogP contribution < -0.4 is 5.32 Å². The number of nitrogens with zero attached hydrogens (tertiary/aromatic N) is 3. The van der Waals surface area contributed by atoms with Gasteiger partial charge in [0.2, 0.25) is 5.91 Å². The molecule has 8 heteroatoms. The molecule has 0 saturated carbocycles. The zero-order valence-electron chi connectivity index (χ0n) is 13.2. The summed E-state index contributed by atoms with van der Waals surface area (Å²) in [6.45, 7) is 6.72. The van der Waals surface area contributed by atoms with E-state index in [2.05, 4.69) is 20.4 Å². The first kappa shape index (κ1) is 16.1. The van der Waals surface area contributed by atoms with Crippen LogP contribution in [0.15, 0.2) is 16.0 Å². The number of hydrogen-bond donors (Lipinski definition) is 1. The number of amides is 1. The Morgan fingerprint density at radius 2 is 2.39 bits per heavy atom. The number of thiazole rings is 1. The molecule has 23 heavy (non-hydrogen) atoms. The second-order valence-electron chi connectivity index (χ2n) is 5.61. The molecule has 2 aromatic rings. The van der Waals surface area contributed by atoms with Crippen molar-refractivity contribution in [3.05, 3.63) is 27.9 Å². The Kier molecular flexibility index (Phi) is 5.04. The number of rotatable bonds is 5. The van der Waals surface area contributed by atoms with Crippen LogP contribution in [0.1, 0.15) is 29.0 Å². The van der Waals surface area contributed by atoms with Crippen molar-refractivity contribution in [1.82, 2.24) is 15.0 Å². The van der Waals surface area contributed by atoms with E-state index in [9.17, 15) is 4.79 Å². The predicted octanol–water partition coefficient (Wildman–Crippen LogP) is 2.15. The fraction of sp³-hybridized carbons (Fsp3) is 0.533. The number of hydrogen-bond acceptors (Lipinski definition) is 7. The minimum atomic E-state index is -0.0635. The van der Waals surface area contributed by atoms with Gasteiger partial charge < -0.3 is 14.6 Å². The third kappa shape index (κ3) is 4.37. The largest absolute Gasteiger partial charge is 0.368 e. The molecule has 0 aliphatic carbocycles. The summed E-state index contributed by atoms with van der Waals surface area (Å²) < 4.78 is 10.7. The van der Waals surface area contributed by atoms with Gasteiger partial charge in [-0.15, -0.1) is 11.3 Å². The maximum atomic E-state index is 12.0. The molecular formula is C15H20N4O3S. The van der Waals surface area contributed by atoms with Crippen molar-refractivity contribution >= 4 is 23.1 Å². The average molecular weight is 336 g/mol. The molecule has 0 radical (unpaired) electrons. The lowest BCUT2D eigenvalue weighted by Crippen LogP contribution is -2.39. The Hall–Kier alpha value is -1.77. The van der Waals surface area contributed by atoms with Crippen molar-refractivity contribution in [2.75, 3.05) is 31.6 Å². The summed E-state index contributed by atoms with van der Waals surface area (Å²) in [5.74, 6) is 1.08. The van der Waals surface area contributed by atoms with Crippen LogP contribution in [0.4, 0.5) is 5.82 Å². The molecule has 1 fully saturated rings. The van der Waals surface area contributed by atoms with E-state index in [0.29, 0.717) is 31.2 Å². The lowest BCUT2D eigenvalue weighted by molar-refractivity contribution is -0.117. The van der Waals surface area contributed by atoms with Crippen molar-refractivity contribution in [3.63, 3.8) is 0 Å². The lowest BCUT2D eigenvalue weighted by atomic mass is 10.2. The highest BCUT2D eigenvalue weighted by atomic mass is 32.1. The molecule has 1 aliphatic rings. The Balaban J connectivity index is 1.47. The van der Waals surface area contributed by atoms with Crippen LogP contribution in [0, 0.1) is 13.8 Å². The van der Waals surface area contributed by atoms with Crippen LogP contribution in [0.3, 0.4) is 0 Å². The number of nitrogens with one attached hydrogen (secondary N) is 1. The van der Waals surface area contributed by atoms with Crippen LogP contribution in [0.25, 0.3) is 0 Å². The second kappa shape index (κ2) is 7.20. The van der Waals surface area contributed by atoms with Gasteiger partial charge in [0.25, 0.3) is 0 Å². The smallest absolute Gasteiger partial charge is 0.226 e. The number of carbonyl (C=O) groups is 1. The van der Waals surface area contributed by atoms with Gasteiger partial charge in [0.05, 0.1) is 6.61 Å². The molecule has 7 nitrogen and oxygen atoms in total. The SMILES string of the molecule is Cc1csc([C@H]2CN(CCC(=O)Nc3cc(C)on3)CCO2)n1. The van der Waals surface area contributed by atoms with Gasteiger partial charge in [-0.25, -0.2) is 4.98 Å². The fourth-order valence-corrected chi connectivity index (χ4v) is 3.30.